The van der Waals surface area contributed by atoms with Gasteiger partial charge in [-0.25, -0.2) is 13.2 Å². The van der Waals surface area contributed by atoms with Crippen molar-refractivity contribution in [2.75, 3.05) is 0 Å². The first-order chi connectivity index (χ1) is 17.7. The Labute approximate surface area is 213 Å². The Morgan fingerprint density at radius 3 is 1.79 bits per heavy atom. The van der Waals surface area contributed by atoms with E-state index in [4.69, 9.17) is 0 Å². The van der Waals surface area contributed by atoms with Gasteiger partial charge in [-0.15, -0.1) is 13.2 Å². The van der Waals surface area contributed by atoms with Gasteiger partial charge in [-0.3, -0.25) is 0 Å². The van der Waals surface area contributed by atoms with E-state index in [1.807, 2.05) is 6.92 Å². The molecule has 0 spiro atoms. The van der Waals surface area contributed by atoms with E-state index in [2.05, 4.69) is 16.1 Å². The molecule has 0 unspecified atom stereocenters. The molecule has 0 fully saturated rings. The van der Waals surface area contributed by atoms with Gasteiger partial charge in [0.15, 0.2) is 0 Å². The topological polar surface area (TPSA) is 18.5 Å². The largest absolute Gasteiger partial charge is 0.573 e. The fraction of sp³-hybridized carbons (Fsp3) is 0.143. The minimum atomic E-state index is -5.00. The van der Waals surface area contributed by atoms with Crippen LogP contribution in [-0.2, 0) is 6.11 Å². The summed E-state index contributed by atoms with van der Waals surface area (Å²) in [6, 6.07) is 7.78. The minimum absolute atomic E-state index is 0.229. The second-order valence-corrected chi connectivity index (χ2v) is 8.11. The Balaban J connectivity index is 1.87. The molecule has 0 bridgehead atoms. The van der Waals surface area contributed by atoms with E-state index < -0.39 is 47.0 Å². The van der Waals surface area contributed by atoms with Gasteiger partial charge in [0.2, 0.25) is 0 Å². The third-order valence-electron chi connectivity index (χ3n) is 5.29. The van der Waals surface area contributed by atoms with E-state index in [0.717, 1.165) is 11.6 Å². The van der Waals surface area contributed by atoms with E-state index >= 15 is 0 Å². The number of hydrogen-bond donors (Lipinski definition) is 0. The number of benzene rings is 3. The molecule has 3 aromatic carbocycles. The quantitative estimate of drug-likeness (QED) is 0.209. The standard InChI is InChI=1S/C28H20F8O2/c1-4-16(2)5-6-17(3)18-7-12-22(23(29)13-18)19-14-24(30)26(25(31)15-19)27(32,33)37-20-8-10-21(11-9-20)38-28(34,35)36/h4-15H,1H2,2-3H3/b16-5-,17-6+. The van der Waals surface area contributed by atoms with Crippen molar-refractivity contribution in [2.45, 2.75) is 26.3 Å². The Bertz CT molecular complexity index is 1360. The van der Waals surface area contributed by atoms with E-state index in [1.54, 1.807) is 25.2 Å². The van der Waals surface area contributed by atoms with Crippen molar-refractivity contribution >= 4 is 5.57 Å². The molecule has 0 heterocycles. The molecule has 0 saturated heterocycles. The van der Waals surface area contributed by atoms with Gasteiger partial charge in [0, 0.05) is 5.56 Å². The molecule has 2 nitrogen and oxygen atoms in total. The summed E-state index contributed by atoms with van der Waals surface area (Å²) >= 11 is 0. The number of rotatable bonds is 8. The van der Waals surface area contributed by atoms with E-state index in [0.29, 0.717) is 47.5 Å². The number of alkyl halides is 5. The van der Waals surface area contributed by atoms with Gasteiger partial charge in [-0.05, 0) is 73.0 Å². The zero-order valence-electron chi connectivity index (χ0n) is 20.0. The first kappa shape index (κ1) is 28.5. The maximum Gasteiger partial charge on any atom is 0.573 e. The lowest BCUT2D eigenvalue weighted by Gasteiger charge is -2.20. The molecular weight excluding hydrogens is 520 g/mol. The SMILES string of the molecule is C=C/C(C)=C\C=C(/C)c1ccc(-c2cc(F)c(C(F)(F)Oc3ccc(OC(F)(F)F)cc3)c(F)c2)c(F)c1. The highest BCUT2D eigenvalue weighted by Crippen LogP contribution is 2.38. The average molecular weight is 540 g/mol. The molecule has 0 aromatic heterocycles. The van der Waals surface area contributed by atoms with E-state index in [1.165, 1.54) is 12.1 Å². The van der Waals surface area contributed by atoms with Gasteiger partial charge in [-0.1, -0.05) is 42.5 Å². The highest BCUT2D eigenvalue weighted by molar-refractivity contribution is 5.71. The zero-order valence-corrected chi connectivity index (χ0v) is 20.0. The molecule has 0 N–H and O–H groups in total. The van der Waals surface area contributed by atoms with Gasteiger partial charge in [0.1, 0.15) is 34.5 Å². The van der Waals surface area contributed by atoms with Crippen molar-refractivity contribution in [2.24, 2.45) is 0 Å². The van der Waals surface area contributed by atoms with Crippen LogP contribution in [-0.4, -0.2) is 6.36 Å². The van der Waals surface area contributed by atoms with Crippen molar-refractivity contribution in [1.29, 1.82) is 0 Å². The molecule has 0 aliphatic rings. The highest BCUT2D eigenvalue weighted by Gasteiger charge is 2.41. The molecule has 0 amide bonds. The summed E-state index contributed by atoms with van der Waals surface area (Å²) in [7, 11) is 0. The molecule has 3 rings (SSSR count). The second-order valence-electron chi connectivity index (χ2n) is 8.11. The fourth-order valence-corrected chi connectivity index (χ4v) is 3.33. The molecule has 0 atom stereocenters. The minimum Gasteiger partial charge on any atom is -0.429 e. The molecule has 0 saturated carbocycles. The van der Waals surface area contributed by atoms with E-state index in [9.17, 15) is 35.1 Å². The Hall–Kier alpha value is -4.08. The predicted molar refractivity (Wildman–Crippen MR) is 127 cm³/mol. The summed E-state index contributed by atoms with van der Waals surface area (Å²) in [6.45, 7) is 7.18. The lowest BCUT2D eigenvalue weighted by atomic mass is 9.98. The predicted octanol–water partition coefficient (Wildman–Crippen LogP) is 9.33. The van der Waals surface area contributed by atoms with Crippen molar-refractivity contribution in [3.05, 3.63) is 114 Å². The molecular formula is C28H20F8O2. The third-order valence-corrected chi connectivity index (χ3v) is 5.29. The number of halogens is 8. The van der Waals surface area contributed by atoms with Gasteiger partial charge in [0.25, 0.3) is 0 Å². The summed E-state index contributed by atoms with van der Waals surface area (Å²) < 4.78 is 118. The highest BCUT2D eigenvalue weighted by atomic mass is 19.4. The van der Waals surface area contributed by atoms with Gasteiger partial charge >= 0.3 is 12.5 Å². The second kappa shape index (κ2) is 11.1. The lowest BCUT2D eigenvalue weighted by molar-refractivity contribution is -0.274. The van der Waals surface area contributed by atoms with Gasteiger partial charge < -0.3 is 9.47 Å². The van der Waals surface area contributed by atoms with Crippen molar-refractivity contribution in [3.63, 3.8) is 0 Å². The van der Waals surface area contributed by atoms with Crippen molar-refractivity contribution in [3.8, 4) is 22.6 Å². The smallest absolute Gasteiger partial charge is 0.429 e. The van der Waals surface area contributed by atoms with Gasteiger partial charge in [-0.2, -0.15) is 8.78 Å². The molecule has 0 aliphatic heterocycles. The Kier molecular flexibility index (Phi) is 8.34. The van der Waals surface area contributed by atoms with Crippen LogP contribution in [0, 0.1) is 17.5 Å². The molecule has 3 aromatic rings. The van der Waals surface area contributed by atoms with Crippen molar-refractivity contribution in [1.82, 2.24) is 0 Å². The monoisotopic (exact) mass is 540 g/mol. The molecule has 38 heavy (non-hydrogen) atoms. The van der Waals surface area contributed by atoms with Crippen LogP contribution in [0.15, 0.2) is 85.0 Å². The van der Waals surface area contributed by atoms with Crippen LogP contribution in [0.25, 0.3) is 16.7 Å². The third kappa shape index (κ3) is 7.02. The Morgan fingerprint density at radius 1 is 0.737 bits per heavy atom. The number of allylic oxidation sites excluding steroid dienone is 5. The van der Waals surface area contributed by atoms with E-state index in [-0.39, 0.29) is 11.1 Å². The molecule has 0 aliphatic carbocycles. The van der Waals surface area contributed by atoms with Gasteiger partial charge in [0.05, 0.1) is 0 Å². The summed E-state index contributed by atoms with van der Waals surface area (Å²) in [4.78, 5) is 0. The van der Waals surface area contributed by atoms with Crippen LogP contribution in [0.2, 0.25) is 0 Å². The maximum atomic E-state index is 14.8. The molecule has 10 heteroatoms. The first-order valence-electron chi connectivity index (χ1n) is 10.9. The van der Waals surface area contributed by atoms with Crippen molar-refractivity contribution < 1.29 is 44.6 Å². The van der Waals surface area contributed by atoms with Crippen LogP contribution >= 0.6 is 0 Å². The van der Waals surface area contributed by atoms with Crippen LogP contribution in [0.4, 0.5) is 35.1 Å². The first-order valence-corrected chi connectivity index (χ1v) is 10.9. The van der Waals surface area contributed by atoms with Crippen LogP contribution < -0.4 is 9.47 Å². The maximum absolute atomic E-state index is 14.8. The normalized spacial score (nSPS) is 12.9. The zero-order chi connectivity index (χ0) is 28.3. The summed E-state index contributed by atoms with van der Waals surface area (Å²) in [6.07, 6.45) is -4.42. The summed E-state index contributed by atoms with van der Waals surface area (Å²) in [5.41, 5.74) is -0.255. The Morgan fingerprint density at radius 2 is 1.29 bits per heavy atom. The van der Waals surface area contributed by atoms with Crippen LogP contribution in [0.3, 0.4) is 0 Å². The molecule has 0 radical (unpaired) electrons. The summed E-state index contributed by atoms with van der Waals surface area (Å²) in [5.74, 6) is -5.67. The number of ether oxygens (including phenoxy) is 2. The average Bonchev–Trinajstić information content (AvgIpc) is 2.81. The lowest BCUT2D eigenvalue weighted by Crippen LogP contribution is -2.25. The fourth-order valence-electron chi connectivity index (χ4n) is 3.33. The summed E-state index contributed by atoms with van der Waals surface area (Å²) in [5, 5.41) is 0. The molecule has 200 valence electrons. The van der Waals surface area contributed by atoms with Crippen LogP contribution in [0.1, 0.15) is 25.0 Å². The number of hydrogen-bond acceptors (Lipinski definition) is 2. The van der Waals surface area contributed by atoms with Crippen LogP contribution in [0.5, 0.6) is 11.5 Å².